The minimum Gasteiger partial charge on any atom is -0.494 e. The van der Waals surface area contributed by atoms with E-state index in [-0.39, 0.29) is 33.3 Å². The van der Waals surface area contributed by atoms with Gasteiger partial charge in [-0.15, -0.1) is 0 Å². The molecule has 0 unspecified atom stereocenters. The van der Waals surface area contributed by atoms with Crippen LogP contribution in [0.4, 0.5) is 5.95 Å². The van der Waals surface area contributed by atoms with Crippen molar-refractivity contribution in [2.24, 2.45) is 26.2 Å². The number of aromatic amines is 1. The number of fused-ring (bicyclic) bond motifs is 1. The molecule has 0 aliphatic heterocycles. The molecule has 0 bridgehead atoms. The van der Waals surface area contributed by atoms with Gasteiger partial charge < -0.3 is 9.67 Å². The number of nitrogens with one attached hydrogen (secondary N) is 2. The van der Waals surface area contributed by atoms with Crippen LogP contribution < -0.4 is 22.2 Å². The largest absolute Gasteiger partial charge is 0.494 e. The first-order valence-corrected chi connectivity index (χ1v) is 11.3. The van der Waals surface area contributed by atoms with Gasteiger partial charge in [0, 0.05) is 27.7 Å². The van der Waals surface area contributed by atoms with E-state index in [4.69, 9.17) is 12.2 Å². The smallest absolute Gasteiger partial charge is 0.332 e. The SMILES string of the molecule is Cn1c(=O)c2c(nc(NN=Cc3c(O)n(CCC4=CCCCC4)c(=S)[nH]c3=O)n2C)n(C)c1=O. The van der Waals surface area contributed by atoms with Gasteiger partial charge in [0.2, 0.25) is 11.8 Å². The number of aromatic nitrogens is 6. The molecule has 0 saturated heterocycles. The van der Waals surface area contributed by atoms with E-state index in [1.54, 1.807) is 7.05 Å². The Morgan fingerprint density at radius 2 is 1.97 bits per heavy atom. The average Bonchev–Trinajstić information content (AvgIpc) is 3.15. The first kappa shape index (κ1) is 23.4. The molecule has 13 heteroatoms. The lowest BCUT2D eigenvalue weighted by atomic mass is 9.97. The van der Waals surface area contributed by atoms with Gasteiger partial charge in [0.15, 0.2) is 15.9 Å². The molecule has 3 aromatic heterocycles. The van der Waals surface area contributed by atoms with E-state index in [0.717, 1.165) is 36.5 Å². The van der Waals surface area contributed by atoms with Crippen molar-refractivity contribution in [3.8, 4) is 5.88 Å². The fourth-order valence-electron chi connectivity index (χ4n) is 4.06. The summed E-state index contributed by atoms with van der Waals surface area (Å²) >= 11 is 5.24. The zero-order chi connectivity index (χ0) is 24.6. The van der Waals surface area contributed by atoms with E-state index in [1.807, 2.05) is 0 Å². The van der Waals surface area contributed by atoms with Crippen LogP contribution in [0.1, 0.15) is 37.7 Å². The molecular weight excluding hydrogens is 460 g/mol. The summed E-state index contributed by atoms with van der Waals surface area (Å²) in [6, 6.07) is 0. The minimum atomic E-state index is -0.581. The molecule has 180 valence electrons. The molecule has 3 heterocycles. The monoisotopic (exact) mass is 486 g/mol. The Morgan fingerprint density at radius 3 is 2.68 bits per heavy atom. The summed E-state index contributed by atoms with van der Waals surface area (Å²) in [4.78, 5) is 43.9. The molecule has 0 fully saturated rings. The fraction of sp³-hybridized carbons (Fsp3) is 0.429. The normalized spacial score (nSPS) is 14.1. The molecule has 0 atom stereocenters. The number of nitrogens with zero attached hydrogens (tertiary/aromatic N) is 6. The second kappa shape index (κ2) is 9.25. The summed E-state index contributed by atoms with van der Waals surface area (Å²) < 4.78 is 5.32. The van der Waals surface area contributed by atoms with Crippen LogP contribution in [-0.2, 0) is 27.7 Å². The van der Waals surface area contributed by atoms with Gasteiger partial charge in [-0.2, -0.15) is 10.1 Å². The third-order valence-corrected chi connectivity index (χ3v) is 6.40. The average molecular weight is 487 g/mol. The first-order valence-electron chi connectivity index (χ1n) is 10.9. The maximum atomic E-state index is 12.5. The Bertz CT molecular complexity index is 1570. The highest BCUT2D eigenvalue weighted by atomic mass is 32.1. The molecule has 4 rings (SSSR count). The summed E-state index contributed by atoms with van der Waals surface area (Å²) in [6.07, 6.45) is 8.55. The zero-order valence-electron chi connectivity index (χ0n) is 19.2. The highest BCUT2D eigenvalue weighted by Gasteiger charge is 2.17. The van der Waals surface area contributed by atoms with Crippen LogP contribution in [-0.4, -0.2) is 39.6 Å². The number of aromatic hydroxyl groups is 1. The minimum absolute atomic E-state index is 0.0687. The number of hydrogen-bond donors (Lipinski definition) is 3. The lowest BCUT2D eigenvalue weighted by molar-refractivity contribution is 0.402. The van der Waals surface area contributed by atoms with Crippen molar-refractivity contribution < 1.29 is 5.11 Å². The summed E-state index contributed by atoms with van der Waals surface area (Å²) in [6.45, 7) is 0.434. The van der Waals surface area contributed by atoms with Crippen molar-refractivity contribution in [1.82, 2.24) is 28.2 Å². The Kier molecular flexibility index (Phi) is 6.37. The highest BCUT2D eigenvalue weighted by Crippen LogP contribution is 2.22. The van der Waals surface area contributed by atoms with Gasteiger partial charge in [-0.3, -0.25) is 28.3 Å². The second-order valence-corrected chi connectivity index (χ2v) is 8.64. The fourth-order valence-corrected chi connectivity index (χ4v) is 4.33. The maximum Gasteiger partial charge on any atom is 0.332 e. The predicted molar refractivity (Wildman–Crippen MR) is 131 cm³/mol. The molecule has 0 saturated carbocycles. The van der Waals surface area contributed by atoms with Crippen molar-refractivity contribution >= 4 is 35.5 Å². The van der Waals surface area contributed by atoms with Crippen LogP contribution in [0, 0.1) is 4.77 Å². The Labute approximate surface area is 198 Å². The molecule has 12 nitrogen and oxygen atoms in total. The molecule has 0 radical (unpaired) electrons. The van der Waals surface area contributed by atoms with Crippen LogP contribution in [0.2, 0.25) is 0 Å². The summed E-state index contributed by atoms with van der Waals surface area (Å²) in [5.74, 6) is -0.102. The zero-order valence-corrected chi connectivity index (χ0v) is 20.0. The van der Waals surface area contributed by atoms with Crippen LogP contribution in [0.15, 0.2) is 31.1 Å². The predicted octanol–water partition coefficient (Wildman–Crippen LogP) is 1.23. The molecule has 1 aliphatic carbocycles. The van der Waals surface area contributed by atoms with Crippen LogP contribution in [0.5, 0.6) is 5.88 Å². The van der Waals surface area contributed by atoms with Crippen LogP contribution in [0.3, 0.4) is 0 Å². The standard InChI is InChI=1S/C21H26N8O4S/c1-26-14-15(27(2)21(33)28(3)18(14)32)23-19(26)25-22-11-13-16(30)24-20(34)29(17(13)31)10-9-12-7-5-4-6-8-12/h7,11,31H,4-6,8-10H2,1-3H3,(H,23,25)(H,24,30,34). The van der Waals surface area contributed by atoms with E-state index in [0.29, 0.717) is 6.54 Å². The lowest BCUT2D eigenvalue weighted by Gasteiger charge is -2.15. The quantitative estimate of drug-likeness (QED) is 0.206. The Hall–Kier alpha value is -3.74. The molecule has 0 spiro atoms. The van der Waals surface area contributed by atoms with E-state index in [9.17, 15) is 19.5 Å². The molecule has 0 aromatic carbocycles. The van der Waals surface area contributed by atoms with Crippen molar-refractivity contribution in [2.45, 2.75) is 38.6 Å². The van der Waals surface area contributed by atoms with Gasteiger partial charge in [0.1, 0.15) is 5.56 Å². The third kappa shape index (κ3) is 4.14. The van der Waals surface area contributed by atoms with E-state index >= 15 is 0 Å². The Morgan fingerprint density at radius 1 is 1.21 bits per heavy atom. The molecule has 3 aromatic rings. The molecule has 0 amide bonds. The Balaban J connectivity index is 1.63. The molecule has 3 N–H and O–H groups in total. The van der Waals surface area contributed by atoms with Gasteiger partial charge in [0.05, 0.1) is 6.21 Å². The number of aryl methyl sites for hydroxylation is 2. The number of hydrazone groups is 1. The van der Waals surface area contributed by atoms with Gasteiger partial charge in [-0.05, 0) is 44.3 Å². The highest BCUT2D eigenvalue weighted by molar-refractivity contribution is 7.71. The van der Waals surface area contributed by atoms with Crippen LogP contribution in [0.25, 0.3) is 11.2 Å². The maximum absolute atomic E-state index is 12.5. The van der Waals surface area contributed by atoms with E-state index < -0.39 is 16.8 Å². The molecular formula is C21H26N8O4S. The van der Waals surface area contributed by atoms with E-state index in [2.05, 4.69) is 26.6 Å². The van der Waals surface area contributed by atoms with E-state index in [1.165, 1.54) is 39.8 Å². The van der Waals surface area contributed by atoms with Crippen LogP contribution >= 0.6 is 12.2 Å². The summed E-state index contributed by atoms with van der Waals surface area (Å²) in [5.41, 5.74) is 2.75. The van der Waals surface area contributed by atoms with Crippen molar-refractivity contribution in [3.05, 3.63) is 53.2 Å². The summed E-state index contributed by atoms with van der Waals surface area (Å²) in [7, 11) is 4.50. The van der Waals surface area contributed by atoms with Gasteiger partial charge in [0.25, 0.3) is 11.1 Å². The second-order valence-electron chi connectivity index (χ2n) is 8.25. The van der Waals surface area contributed by atoms with Crippen molar-refractivity contribution in [3.63, 3.8) is 0 Å². The number of allylic oxidation sites excluding steroid dienone is 2. The lowest BCUT2D eigenvalue weighted by Crippen LogP contribution is -2.37. The third-order valence-electron chi connectivity index (χ3n) is 6.08. The number of imidazole rings is 1. The molecule has 1 aliphatic rings. The number of H-pyrrole nitrogens is 1. The number of rotatable bonds is 6. The first-order chi connectivity index (χ1) is 16.2. The van der Waals surface area contributed by atoms with Gasteiger partial charge >= 0.3 is 5.69 Å². The molecule has 34 heavy (non-hydrogen) atoms. The van der Waals surface area contributed by atoms with Crippen molar-refractivity contribution in [1.29, 1.82) is 0 Å². The van der Waals surface area contributed by atoms with Gasteiger partial charge in [-0.1, -0.05) is 11.6 Å². The summed E-state index contributed by atoms with van der Waals surface area (Å²) in [5, 5.41) is 14.7. The van der Waals surface area contributed by atoms with Gasteiger partial charge in [-0.25, -0.2) is 10.2 Å². The van der Waals surface area contributed by atoms with Crippen molar-refractivity contribution in [2.75, 3.05) is 5.43 Å². The number of hydrogen-bond acceptors (Lipinski definition) is 8. The topological polar surface area (TPSA) is 144 Å². The number of anilines is 1.